The predicted molar refractivity (Wildman–Crippen MR) is 156 cm³/mol. The minimum Gasteiger partial charge on any atom is -0.445 e. The van der Waals surface area contributed by atoms with Crippen LogP contribution in [0.5, 0.6) is 0 Å². The molecule has 2 aromatic carbocycles. The molecule has 0 saturated carbocycles. The van der Waals surface area contributed by atoms with E-state index in [1.54, 1.807) is 4.90 Å². The molecule has 10 heteroatoms. The molecule has 2 heterocycles. The van der Waals surface area contributed by atoms with Crippen molar-refractivity contribution in [2.45, 2.75) is 53.7 Å². The number of nitrogens with zero attached hydrogens (tertiary/aromatic N) is 2. The third-order valence-corrected chi connectivity index (χ3v) is 8.73. The molecule has 0 unspecified atom stereocenters. The fourth-order valence-electron chi connectivity index (χ4n) is 5.54. The van der Waals surface area contributed by atoms with E-state index >= 15 is 0 Å². The molecular weight excluding hydrogens is 558 g/mol. The second-order valence-corrected chi connectivity index (χ2v) is 11.5. The molecule has 2 aliphatic rings. The summed E-state index contributed by atoms with van der Waals surface area (Å²) in [5.74, 6) is 0.119. The normalized spacial score (nSPS) is 24.1. The Labute approximate surface area is 253 Å². The summed E-state index contributed by atoms with van der Waals surface area (Å²) in [5.41, 5.74) is 2.30. The van der Waals surface area contributed by atoms with Gasteiger partial charge in [-0.3, -0.25) is 13.7 Å². The number of carbonyl (C=O) groups excluding carboxylic acids is 5. The van der Waals surface area contributed by atoms with Crippen LogP contribution >= 0.6 is 0 Å². The summed E-state index contributed by atoms with van der Waals surface area (Å²) in [6, 6.07) is 20.0. The molecule has 1 amide bonds. The molecule has 0 N–H and O–H groups in total. The Morgan fingerprint density at radius 2 is 1.23 bits per heavy atom. The van der Waals surface area contributed by atoms with Crippen LogP contribution in [0.2, 0.25) is 0 Å². The van der Waals surface area contributed by atoms with Gasteiger partial charge in [0.15, 0.2) is 0 Å². The number of likely N-dealkylation sites (tertiary alicyclic amines) is 2. The number of amides is 1. The van der Waals surface area contributed by atoms with Gasteiger partial charge in [-0.05, 0) is 34.8 Å². The molecule has 2 saturated heterocycles. The van der Waals surface area contributed by atoms with Crippen LogP contribution in [-0.4, -0.2) is 67.7 Å². The van der Waals surface area contributed by atoms with Crippen molar-refractivity contribution in [3.05, 3.63) is 71.8 Å². The van der Waals surface area contributed by atoms with Gasteiger partial charge in [-0.2, -0.15) is 19.2 Å². The van der Waals surface area contributed by atoms with Gasteiger partial charge in [0.05, 0.1) is 13.3 Å². The first-order valence-corrected chi connectivity index (χ1v) is 14.4. The molecule has 2 aromatic rings. The Morgan fingerprint density at radius 3 is 1.65 bits per heavy atom. The van der Waals surface area contributed by atoms with Gasteiger partial charge in [0.1, 0.15) is 6.61 Å². The molecule has 2 aliphatic heterocycles. The third kappa shape index (κ3) is 11.8. The zero-order valence-electron chi connectivity index (χ0n) is 25.6. The van der Waals surface area contributed by atoms with Crippen molar-refractivity contribution < 1.29 is 37.5 Å². The summed E-state index contributed by atoms with van der Waals surface area (Å²) < 4.78 is 31.5. The summed E-state index contributed by atoms with van der Waals surface area (Å²) in [6.45, 7) is 12.1. The lowest BCUT2D eigenvalue weighted by Gasteiger charge is -2.27. The average Bonchev–Trinajstić information content (AvgIpc) is 3.54. The molecule has 0 aliphatic carbocycles. The number of halogens is 2. The molecule has 8 nitrogen and oxygen atoms in total. The first kappa shape index (κ1) is 37.3. The quantitative estimate of drug-likeness (QED) is 0.367. The van der Waals surface area contributed by atoms with E-state index in [1.807, 2.05) is 50.2 Å². The third-order valence-electron chi connectivity index (χ3n) is 8.73. The van der Waals surface area contributed by atoms with Crippen LogP contribution < -0.4 is 0 Å². The van der Waals surface area contributed by atoms with Crippen LogP contribution in [-0.2, 0) is 37.1 Å². The summed E-state index contributed by atoms with van der Waals surface area (Å²) >= 11 is 0. The van der Waals surface area contributed by atoms with E-state index in [0.29, 0.717) is 13.1 Å². The van der Waals surface area contributed by atoms with Crippen molar-refractivity contribution in [2.75, 3.05) is 39.5 Å². The van der Waals surface area contributed by atoms with E-state index < -0.39 is 0 Å². The lowest BCUT2D eigenvalue weighted by molar-refractivity contribution is -0.193. The fourth-order valence-corrected chi connectivity index (χ4v) is 5.54. The van der Waals surface area contributed by atoms with Crippen molar-refractivity contribution in [1.29, 1.82) is 0 Å². The van der Waals surface area contributed by atoms with E-state index in [-0.39, 0.29) is 61.0 Å². The topological polar surface area (TPSA) is 101 Å². The monoisotopic (exact) mass is 602 g/mol. The van der Waals surface area contributed by atoms with Gasteiger partial charge in [0.2, 0.25) is 0 Å². The van der Waals surface area contributed by atoms with E-state index in [2.05, 4.69) is 43.0 Å². The highest BCUT2D eigenvalue weighted by Gasteiger charge is 2.44. The number of benzene rings is 2. The van der Waals surface area contributed by atoms with Gasteiger partial charge in [-0.15, -0.1) is 0 Å². The first-order valence-electron chi connectivity index (χ1n) is 14.4. The van der Waals surface area contributed by atoms with Crippen molar-refractivity contribution in [3.8, 4) is 0 Å². The Kier molecular flexibility index (Phi) is 16.9. The Hall–Kier alpha value is -3.71. The smallest absolute Gasteiger partial charge is 0.410 e. The SMILES string of the molecule is CC[C@]1(C)CN(C(=O)OCc2ccccc2)C[C@H]1CF.CC[C@]1(C)CN(Cc2ccccc2)C[C@H]1CF.O=C=O.O=C=O. The number of rotatable bonds is 8. The number of hydrogen-bond donors (Lipinski definition) is 0. The minimum atomic E-state index is -0.382. The second kappa shape index (κ2) is 19.5. The molecule has 0 aromatic heterocycles. The zero-order chi connectivity index (χ0) is 32.3. The maximum Gasteiger partial charge on any atom is 0.410 e. The van der Waals surface area contributed by atoms with Crippen LogP contribution in [0.3, 0.4) is 0 Å². The number of alkyl halides is 2. The fraction of sp³-hybridized carbons (Fsp3) is 0.545. The predicted octanol–water partition coefficient (Wildman–Crippen LogP) is 5.98. The summed E-state index contributed by atoms with van der Waals surface area (Å²) in [5, 5.41) is 0. The van der Waals surface area contributed by atoms with E-state index in [0.717, 1.165) is 38.0 Å². The summed E-state index contributed by atoms with van der Waals surface area (Å²) in [7, 11) is 0. The van der Waals surface area contributed by atoms with Crippen LogP contribution in [0, 0.1) is 22.7 Å². The molecule has 0 radical (unpaired) electrons. The van der Waals surface area contributed by atoms with Gasteiger partial charge in [0.25, 0.3) is 0 Å². The highest BCUT2D eigenvalue weighted by atomic mass is 19.1. The molecule has 4 atom stereocenters. The lowest BCUT2D eigenvalue weighted by Crippen LogP contribution is -2.31. The van der Waals surface area contributed by atoms with Gasteiger partial charge >= 0.3 is 18.4 Å². The average molecular weight is 603 g/mol. The van der Waals surface area contributed by atoms with Gasteiger partial charge in [0, 0.05) is 44.6 Å². The first-order chi connectivity index (χ1) is 20.6. The van der Waals surface area contributed by atoms with Gasteiger partial charge < -0.3 is 9.64 Å². The van der Waals surface area contributed by atoms with E-state index in [4.69, 9.17) is 23.9 Å². The standard InChI is InChI=1S/C16H22FNO2.C15H22FN.2CO2/c1-3-16(2)12-18(10-14(16)9-17)15(19)20-11-13-7-5-4-6-8-13;1-3-15(2)12-17(11-14(15)9-16)10-13-7-5-4-6-8-13;2*2-1-3/h4-8,14H,3,9-12H2,1-2H3;4-8,14H,3,9-12H2,1-2H3;;/t14-,16-;14-,15-;;/m11../s1. The Bertz CT molecular complexity index is 1130. The van der Waals surface area contributed by atoms with Crippen molar-refractivity contribution in [2.24, 2.45) is 22.7 Å². The summed E-state index contributed by atoms with van der Waals surface area (Å²) in [6.07, 6.45) is 2.08. The molecular formula is C33H44F2N2O6. The van der Waals surface area contributed by atoms with Gasteiger partial charge in [-0.25, -0.2) is 4.79 Å². The van der Waals surface area contributed by atoms with Crippen LogP contribution in [0.1, 0.15) is 51.7 Å². The van der Waals surface area contributed by atoms with Crippen LogP contribution in [0.25, 0.3) is 0 Å². The molecule has 0 bridgehead atoms. The minimum absolute atomic E-state index is 0.0863. The van der Waals surface area contributed by atoms with Crippen molar-refractivity contribution >= 4 is 18.4 Å². The van der Waals surface area contributed by atoms with Crippen molar-refractivity contribution in [3.63, 3.8) is 0 Å². The molecule has 236 valence electrons. The van der Waals surface area contributed by atoms with Crippen molar-refractivity contribution in [1.82, 2.24) is 9.80 Å². The van der Waals surface area contributed by atoms with Crippen LogP contribution in [0.15, 0.2) is 60.7 Å². The largest absolute Gasteiger partial charge is 0.445 e. The number of hydrogen-bond acceptors (Lipinski definition) is 7. The number of carbonyl (C=O) groups is 1. The Morgan fingerprint density at radius 1 is 0.791 bits per heavy atom. The highest BCUT2D eigenvalue weighted by molar-refractivity contribution is 5.68. The van der Waals surface area contributed by atoms with E-state index in [1.165, 1.54) is 5.56 Å². The number of ether oxygens (including phenoxy) is 1. The lowest BCUT2D eigenvalue weighted by atomic mass is 9.78. The zero-order valence-corrected chi connectivity index (χ0v) is 25.6. The maximum atomic E-state index is 13.1. The van der Waals surface area contributed by atoms with Crippen LogP contribution in [0.4, 0.5) is 13.6 Å². The summed E-state index contributed by atoms with van der Waals surface area (Å²) in [4.78, 5) is 48.6. The molecule has 4 rings (SSSR count). The maximum absolute atomic E-state index is 13.1. The van der Waals surface area contributed by atoms with E-state index in [9.17, 15) is 13.6 Å². The Balaban J connectivity index is 0.000000367. The highest BCUT2D eigenvalue weighted by Crippen LogP contribution is 2.40. The molecule has 43 heavy (non-hydrogen) atoms. The second-order valence-electron chi connectivity index (χ2n) is 11.5. The molecule has 0 spiro atoms. The molecule has 2 fully saturated rings. The van der Waals surface area contributed by atoms with Gasteiger partial charge in [-0.1, -0.05) is 88.4 Å².